The topological polar surface area (TPSA) is 94.1 Å². The number of carbonyl (C=O) groups excluding carboxylic acids is 1. The quantitative estimate of drug-likeness (QED) is 0.567. The molecule has 2 N–H and O–H groups in total. The lowest BCUT2D eigenvalue weighted by Crippen LogP contribution is -2.25. The van der Waals surface area contributed by atoms with Gasteiger partial charge in [0.25, 0.3) is 0 Å². The first-order valence-corrected chi connectivity index (χ1v) is 10.6. The van der Waals surface area contributed by atoms with Crippen LogP contribution in [0, 0.1) is 17.7 Å². The van der Waals surface area contributed by atoms with Crippen molar-refractivity contribution < 1.29 is 33.3 Å². The summed E-state index contributed by atoms with van der Waals surface area (Å²) in [5.74, 6) is -0.145. The monoisotopic (exact) mass is 445 g/mol. The number of amides is 1. The summed E-state index contributed by atoms with van der Waals surface area (Å²) >= 11 is 0. The number of anilines is 1. The Morgan fingerprint density at radius 2 is 1.78 bits per heavy atom. The molecule has 0 radical (unpaired) electrons. The van der Waals surface area contributed by atoms with Crippen molar-refractivity contribution >= 4 is 17.7 Å². The second kappa shape index (κ2) is 11.5. The number of carboxylic acid groups (broad SMARTS) is 1. The molecule has 2 aromatic rings. The van der Waals surface area contributed by atoms with Crippen LogP contribution in [0.1, 0.15) is 25.7 Å². The van der Waals surface area contributed by atoms with Gasteiger partial charge in [-0.05, 0) is 73.4 Å². The highest BCUT2D eigenvalue weighted by atomic mass is 19.1. The Morgan fingerprint density at radius 3 is 2.44 bits per heavy atom. The molecule has 1 fully saturated rings. The van der Waals surface area contributed by atoms with Crippen LogP contribution < -0.4 is 10.1 Å². The first-order chi connectivity index (χ1) is 15.4. The van der Waals surface area contributed by atoms with Gasteiger partial charge in [0.15, 0.2) is 0 Å². The molecule has 1 amide bonds. The number of rotatable bonds is 9. The maximum Gasteiger partial charge on any atom is 0.411 e. The van der Waals surface area contributed by atoms with Gasteiger partial charge in [0.2, 0.25) is 0 Å². The maximum absolute atomic E-state index is 13.7. The smallest absolute Gasteiger partial charge is 0.411 e. The van der Waals surface area contributed by atoms with E-state index in [0.29, 0.717) is 41.7 Å². The minimum atomic E-state index is -0.962. The zero-order valence-electron chi connectivity index (χ0n) is 18.0. The van der Waals surface area contributed by atoms with E-state index in [2.05, 4.69) is 5.32 Å². The second-order valence-electron chi connectivity index (χ2n) is 7.94. The van der Waals surface area contributed by atoms with Crippen LogP contribution in [-0.2, 0) is 14.3 Å². The number of methoxy groups -OCH3 is 1. The number of benzene rings is 2. The van der Waals surface area contributed by atoms with Crippen molar-refractivity contribution in [2.45, 2.75) is 25.7 Å². The van der Waals surface area contributed by atoms with Gasteiger partial charge in [-0.15, -0.1) is 0 Å². The number of halogens is 1. The summed E-state index contributed by atoms with van der Waals surface area (Å²) in [4.78, 5) is 22.9. The van der Waals surface area contributed by atoms with Crippen molar-refractivity contribution in [2.75, 3.05) is 32.2 Å². The van der Waals surface area contributed by atoms with Crippen molar-refractivity contribution in [3.63, 3.8) is 0 Å². The fourth-order valence-electron chi connectivity index (χ4n) is 3.87. The number of carboxylic acids is 1. The molecule has 1 aliphatic carbocycles. The van der Waals surface area contributed by atoms with E-state index in [9.17, 15) is 14.0 Å². The van der Waals surface area contributed by atoms with Crippen LogP contribution in [0.2, 0.25) is 0 Å². The Balaban J connectivity index is 1.52. The molecule has 0 bridgehead atoms. The molecule has 0 unspecified atom stereocenters. The van der Waals surface area contributed by atoms with E-state index in [-0.39, 0.29) is 18.3 Å². The van der Waals surface area contributed by atoms with E-state index in [4.69, 9.17) is 19.3 Å². The molecule has 0 aliphatic heterocycles. The predicted molar refractivity (Wildman–Crippen MR) is 117 cm³/mol. The van der Waals surface area contributed by atoms with Crippen molar-refractivity contribution in [1.82, 2.24) is 0 Å². The molecular formula is C24H28FNO6. The summed E-state index contributed by atoms with van der Waals surface area (Å²) in [6.45, 7) is 0.479. The average Bonchev–Trinajstić information content (AvgIpc) is 2.78. The standard InChI is InChI=1S/C24H28FNO6/c1-30-20-9-10-22(21(12-20)18-3-2-4-19(25)11-18)26-24(29)32-14-17-7-5-16(6-8-17)13-31-15-23(27)28/h2-4,9-12,16-17H,5-8,13-15H2,1H3,(H,26,29)(H,27,28). The average molecular weight is 445 g/mol. The van der Waals surface area contributed by atoms with Gasteiger partial charge in [-0.25, -0.2) is 14.0 Å². The van der Waals surface area contributed by atoms with E-state index in [1.807, 2.05) is 0 Å². The van der Waals surface area contributed by atoms with E-state index < -0.39 is 12.1 Å². The molecule has 1 saturated carbocycles. The molecule has 0 saturated heterocycles. The molecule has 2 aromatic carbocycles. The summed E-state index contributed by atoms with van der Waals surface area (Å²) in [6.07, 6.45) is 3.05. The SMILES string of the molecule is COc1ccc(NC(=O)OCC2CCC(COCC(=O)O)CC2)c(-c2cccc(F)c2)c1. The van der Waals surface area contributed by atoms with Crippen LogP contribution >= 0.6 is 0 Å². The maximum atomic E-state index is 13.7. The number of aliphatic carboxylic acids is 1. The van der Waals surface area contributed by atoms with Gasteiger partial charge in [0, 0.05) is 5.56 Å². The molecule has 3 rings (SSSR count). The first kappa shape index (κ1) is 23.5. The first-order valence-electron chi connectivity index (χ1n) is 10.6. The second-order valence-corrected chi connectivity index (χ2v) is 7.94. The third-order valence-corrected chi connectivity index (χ3v) is 5.59. The molecule has 0 heterocycles. The van der Waals surface area contributed by atoms with Crippen LogP contribution in [0.15, 0.2) is 42.5 Å². The summed E-state index contributed by atoms with van der Waals surface area (Å²) in [5, 5.41) is 11.4. The van der Waals surface area contributed by atoms with Crippen LogP contribution in [0.3, 0.4) is 0 Å². The molecule has 8 heteroatoms. The van der Waals surface area contributed by atoms with Crippen LogP contribution in [-0.4, -0.2) is 44.1 Å². The number of hydrogen-bond acceptors (Lipinski definition) is 5. The van der Waals surface area contributed by atoms with Gasteiger partial charge >= 0.3 is 12.1 Å². The normalized spacial score (nSPS) is 18.1. The number of hydrogen-bond donors (Lipinski definition) is 2. The fourth-order valence-corrected chi connectivity index (χ4v) is 3.87. The van der Waals surface area contributed by atoms with Crippen LogP contribution in [0.4, 0.5) is 14.9 Å². The Bertz CT molecular complexity index is 926. The highest BCUT2D eigenvalue weighted by molar-refractivity contribution is 5.92. The zero-order valence-corrected chi connectivity index (χ0v) is 18.0. The molecule has 0 aromatic heterocycles. The zero-order chi connectivity index (χ0) is 22.9. The lowest BCUT2D eigenvalue weighted by atomic mass is 9.83. The Hall–Kier alpha value is -3.13. The summed E-state index contributed by atoms with van der Waals surface area (Å²) < 4.78 is 29.6. The highest BCUT2D eigenvalue weighted by Crippen LogP contribution is 2.33. The van der Waals surface area contributed by atoms with Crippen molar-refractivity contribution in [3.05, 3.63) is 48.3 Å². The third kappa shape index (κ3) is 6.95. The minimum absolute atomic E-state index is 0.259. The van der Waals surface area contributed by atoms with E-state index >= 15 is 0 Å². The fraction of sp³-hybridized carbons (Fsp3) is 0.417. The van der Waals surface area contributed by atoms with E-state index in [0.717, 1.165) is 25.7 Å². The molecule has 0 atom stereocenters. The Kier molecular flexibility index (Phi) is 8.44. The summed E-state index contributed by atoms with van der Waals surface area (Å²) in [6, 6.07) is 11.3. The van der Waals surface area contributed by atoms with Gasteiger partial charge in [-0.3, -0.25) is 5.32 Å². The summed E-state index contributed by atoms with van der Waals surface area (Å²) in [5.41, 5.74) is 1.74. The Labute approximate surface area is 186 Å². The van der Waals surface area contributed by atoms with E-state index in [1.165, 1.54) is 12.1 Å². The van der Waals surface area contributed by atoms with Gasteiger partial charge in [0.05, 0.1) is 26.0 Å². The predicted octanol–water partition coefficient (Wildman–Crippen LogP) is 4.96. The molecule has 1 aliphatic rings. The molecule has 7 nitrogen and oxygen atoms in total. The summed E-state index contributed by atoms with van der Waals surface area (Å²) in [7, 11) is 1.54. The third-order valence-electron chi connectivity index (χ3n) is 5.59. The van der Waals surface area contributed by atoms with Crippen LogP contribution in [0.5, 0.6) is 5.75 Å². The van der Waals surface area contributed by atoms with Crippen molar-refractivity contribution in [3.8, 4) is 16.9 Å². The highest BCUT2D eigenvalue weighted by Gasteiger charge is 2.23. The van der Waals surface area contributed by atoms with E-state index in [1.54, 1.807) is 37.4 Å². The van der Waals surface area contributed by atoms with Crippen LogP contribution in [0.25, 0.3) is 11.1 Å². The largest absolute Gasteiger partial charge is 0.497 e. The van der Waals surface area contributed by atoms with Crippen molar-refractivity contribution in [2.24, 2.45) is 11.8 Å². The van der Waals surface area contributed by atoms with Gasteiger partial charge in [-0.1, -0.05) is 12.1 Å². The number of nitrogens with one attached hydrogen (secondary N) is 1. The molecular weight excluding hydrogens is 417 g/mol. The van der Waals surface area contributed by atoms with Gasteiger partial charge < -0.3 is 19.3 Å². The number of carbonyl (C=O) groups is 2. The minimum Gasteiger partial charge on any atom is -0.497 e. The van der Waals surface area contributed by atoms with Gasteiger partial charge in [0.1, 0.15) is 18.2 Å². The molecule has 0 spiro atoms. The lowest BCUT2D eigenvalue weighted by Gasteiger charge is -2.27. The molecule has 172 valence electrons. The molecule has 32 heavy (non-hydrogen) atoms. The lowest BCUT2D eigenvalue weighted by molar-refractivity contribution is -0.142. The van der Waals surface area contributed by atoms with Crippen molar-refractivity contribution in [1.29, 1.82) is 0 Å². The Morgan fingerprint density at radius 1 is 1.06 bits per heavy atom. The van der Waals surface area contributed by atoms with Gasteiger partial charge in [-0.2, -0.15) is 0 Å². The number of ether oxygens (including phenoxy) is 3.